The Balaban J connectivity index is 1.20. The number of carboxylic acid groups (broad SMARTS) is 3. The molecule has 0 saturated carbocycles. The van der Waals surface area contributed by atoms with Gasteiger partial charge in [0.1, 0.15) is 11.5 Å². The van der Waals surface area contributed by atoms with E-state index in [0.29, 0.717) is 45.0 Å². The number of ether oxygens (including phenoxy) is 3. The van der Waals surface area contributed by atoms with Crippen molar-refractivity contribution in [1.82, 2.24) is 34.9 Å². The second-order valence-corrected chi connectivity index (χ2v) is 18.5. The monoisotopic (exact) mass is 1080 g/mol. The third kappa shape index (κ3) is 18.3. The predicted molar refractivity (Wildman–Crippen MR) is 265 cm³/mol. The summed E-state index contributed by atoms with van der Waals surface area (Å²) in [5, 5.41) is 56.2. The molecule has 0 saturated heterocycles. The zero-order valence-corrected chi connectivity index (χ0v) is 42.3. The summed E-state index contributed by atoms with van der Waals surface area (Å²) in [5.41, 5.74) is 4.93. The first-order valence-corrected chi connectivity index (χ1v) is 24.2. The van der Waals surface area contributed by atoms with Crippen molar-refractivity contribution >= 4 is 29.8 Å². The third-order valence-corrected chi connectivity index (χ3v) is 11.8. The van der Waals surface area contributed by atoms with Crippen LogP contribution < -0.4 is 10.1 Å². The molecular formula is C53H59F4N7O13. The zero-order chi connectivity index (χ0) is 55.8. The highest BCUT2D eigenvalue weighted by molar-refractivity contribution is 5.78. The van der Waals surface area contributed by atoms with E-state index in [9.17, 15) is 67.1 Å². The fourth-order valence-corrected chi connectivity index (χ4v) is 8.69. The van der Waals surface area contributed by atoms with Crippen LogP contribution in [0.4, 0.5) is 17.6 Å². The lowest BCUT2D eigenvalue weighted by atomic mass is 10.0. The lowest BCUT2D eigenvalue weighted by Gasteiger charge is -2.26. The smallest absolute Gasteiger partial charge is 0.317 e. The molecule has 5 aromatic rings. The van der Waals surface area contributed by atoms with Crippen LogP contribution in [0.5, 0.6) is 17.2 Å². The molecule has 77 heavy (non-hydrogen) atoms. The van der Waals surface area contributed by atoms with E-state index in [0.717, 1.165) is 11.1 Å². The molecule has 8 bridgehead atoms. The largest absolute Gasteiger partial charge is 0.507 e. The molecule has 0 radical (unpaired) electrons. The van der Waals surface area contributed by atoms with Gasteiger partial charge in [-0.25, -0.2) is 8.78 Å². The van der Waals surface area contributed by atoms with Crippen LogP contribution in [0.1, 0.15) is 62.6 Å². The number of carboxylic acids is 3. The van der Waals surface area contributed by atoms with E-state index in [1.54, 1.807) is 94.1 Å². The summed E-state index contributed by atoms with van der Waals surface area (Å²) in [6.07, 6.45) is -0.511. The van der Waals surface area contributed by atoms with Crippen molar-refractivity contribution in [3.63, 3.8) is 0 Å². The average Bonchev–Trinajstić information content (AvgIpc) is 3.34. The van der Waals surface area contributed by atoms with Crippen LogP contribution >= 0.6 is 0 Å². The number of amides is 1. The number of phenols is 2. The quantitative estimate of drug-likeness (QED) is 0.0227. The van der Waals surface area contributed by atoms with Crippen LogP contribution in [-0.2, 0) is 85.8 Å². The van der Waals surface area contributed by atoms with Crippen LogP contribution in [0.25, 0.3) is 0 Å². The van der Waals surface area contributed by atoms with Crippen molar-refractivity contribution in [3.8, 4) is 17.2 Å². The molecule has 6 rings (SSSR count). The summed E-state index contributed by atoms with van der Waals surface area (Å²) < 4.78 is 69.8. The number of carbonyl (C=O) groups excluding carboxylic acids is 2. The molecule has 6 N–H and O–H groups in total. The van der Waals surface area contributed by atoms with Gasteiger partial charge in [0, 0.05) is 87.2 Å². The summed E-state index contributed by atoms with van der Waals surface area (Å²) in [4.78, 5) is 78.2. The Morgan fingerprint density at radius 2 is 0.896 bits per heavy atom. The maximum Gasteiger partial charge on any atom is 0.317 e. The summed E-state index contributed by atoms with van der Waals surface area (Å²) in [5.74, 6) is -14.0. The van der Waals surface area contributed by atoms with Gasteiger partial charge in [0.25, 0.3) is 0 Å². The minimum absolute atomic E-state index is 0.000289. The molecule has 2 aromatic heterocycles. The first kappa shape index (κ1) is 58.6. The van der Waals surface area contributed by atoms with E-state index in [1.165, 1.54) is 0 Å². The van der Waals surface area contributed by atoms with Crippen molar-refractivity contribution in [2.75, 3.05) is 59.2 Å². The molecule has 0 spiro atoms. The standard InChI is InChI=1S/C53H59F4N7O13/c1-32-15-34-20-61(28-44(65)58-10-12-76-14-13-75-11-9-48(72)77-53-49(56)42(54)19-43(55)50(53)57)24-38-5-3-6-39(59-38)25-63(30-46(68)69)22-36-17-33(2)18-37(52(36)74)23-64(31-47(70)71)27-41-8-4-7-40(60-41)26-62(29-45(66)67)21-35(16-32)51(34)73/h3-8,15-19,73-74H,9-14,20-31H2,1-2H3,(H,58,65)(H,66,67)(H,68,69)(H,70,71). The SMILES string of the molecule is Cc1cc2c(O)c(c1)CN(CC(=O)O)Cc1cccc(n1)CN(CC(=O)NCCOCCOCCC(=O)Oc1c(F)c(F)cc(F)c1F)Cc1cc(C)cc(c1O)CN(CC(=O)O)Cc1cccc(n1)CN(CC(=O)O)C2. The number of hydrogen-bond acceptors (Lipinski definition) is 16. The van der Waals surface area contributed by atoms with E-state index in [1.807, 2.05) is 0 Å². The van der Waals surface area contributed by atoms with Gasteiger partial charge in [-0.15, -0.1) is 0 Å². The van der Waals surface area contributed by atoms with Crippen LogP contribution in [0.2, 0.25) is 0 Å². The Kier molecular flexibility index (Phi) is 21.3. The second kappa shape index (κ2) is 28.0. The minimum atomic E-state index is -1.86. The molecule has 24 heteroatoms. The third-order valence-electron chi connectivity index (χ3n) is 11.8. The number of carbonyl (C=O) groups is 5. The number of halogens is 4. The molecule has 0 atom stereocenters. The first-order valence-electron chi connectivity index (χ1n) is 24.2. The lowest BCUT2D eigenvalue weighted by molar-refractivity contribution is -0.139. The summed E-state index contributed by atoms with van der Waals surface area (Å²) >= 11 is 0. The fraction of sp³-hybridized carbons (Fsp3) is 0.377. The van der Waals surface area contributed by atoms with Crippen molar-refractivity contribution in [3.05, 3.63) is 146 Å². The van der Waals surface area contributed by atoms with Crippen molar-refractivity contribution < 1.29 is 81.3 Å². The molecule has 1 aliphatic heterocycles. The molecule has 0 fully saturated rings. The van der Waals surface area contributed by atoms with Gasteiger partial charge >= 0.3 is 23.9 Å². The number of benzene rings is 3. The van der Waals surface area contributed by atoms with Gasteiger partial charge in [0.15, 0.2) is 11.6 Å². The number of phenolic OH excluding ortho intramolecular Hbond substituents is 2. The molecule has 3 heterocycles. The number of aromatic hydroxyl groups is 2. The number of nitrogens with one attached hydrogen (secondary N) is 1. The van der Waals surface area contributed by atoms with E-state index < -0.39 is 84.9 Å². The maximum absolute atomic E-state index is 13.8. The summed E-state index contributed by atoms with van der Waals surface area (Å²) in [6, 6.07) is 17.2. The predicted octanol–water partition coefficient (Wildman–Crippen LogP) is 4.78. The summed E-state index contributed by atoms with van der Waals surface area (Å²) in [6.45, 7) is 1.88. The Morgan fingerprint density at radius 3 is 1.27 bits per heavy atom. The molecule has 1 aliphatic rings. The van der Waals surface area contributed by atoms with Gasteiger partial charge in [-0.1, -0.05) is 47.5 Å². The van der Waals surface area contributed by atoms with E-state index in [-0.39, 0.29) is 109 Å². The number of hydrogen-bond donors (Lipinski definition) is 6. The second-order valence-electron chi connectivity index (χ2n) is 18.5. The number of aromatic nitrogens is 2. The Bertz CT molecular complexity index is 2890. The number of pyridine rings is 2. The van der Waals surface area contributed by atoms with Crippen molar-refractivity contribution in [1.29, 1.82) is 0 Å². The highest BCUT2D eigenvalue weighted by Crippen LogP contribution is 2.31. The fourth-order valence-electron chi connectivity index (χ4n) is 8.69. The van der Waals surface area contributed by atoms with Crippen LogP contribution in [0.3, 0.4) is 0 Å². The van der Waals surface area contributed by atoms with Gasteiger partial charge in [-0.05, 0) is 38.1 Å². The topological polar surface area (TPSA) is 265 Å². The number of rotatable bonds is 18. The molecule has 20 nitrogen and oxygen atoms in total. The van der Waals surface area contributed by atoms with Gasteiger partial charge in [0.2, 0.25) is 23.3 Å². The Hall–Kier alpha value is -7.61. The molecule has 412 valence electrons. The number of nitrogens with zero attached hydrogens (tertiary/aromatic N) is 6. The molecule has 3 aromatic carbocycles. The van der Waals surface area contributed by atoms with Gasteiger partial charge < -0.3 is 45.1 Å². The maximum atomic E-state index is 13.8. The normalized spacial score (nSPS) is 14.4. The zero-order valence-electron chi connectivity index (χ0n) is 42.3. The number of aliphatic carboxylic acids is 3. The van der Waals surface area contributed by atoms with Crippen LogP contribution in [0.15, 0.2) is 66.7 Å². The first-order chi connectivity index (χ1) is 36.7. The van der Waals surface area contributed by atoms with Crippen LogP contribution in [-0.4, -0.2) is 144 Å². The van der Waals surface area contributed by atoms with E-state index in [2.05, 4.69) is 10.1 Å². The lowest BCUT2D eigenvalue weighted by Crippen LogP contribution is -2.38. The molecular weight excluding hydrogens is 1020 g/mol. The van der Waals surface area contributed by atoms with Crippen molar-refractivity contribution in [2.24, 2.45) is 0 Å². The van der Waals surface area contributed by atoms with Gasteiger partial charge in [-0.3, -0.25) is 53.5 Å². The highest BCUT2D eigenvalue weighted by Gasteiger charge is 2.25. The van der Waals surface area contributed by atoms with Gasteiger partial charge in [0.05, 0.1) is 81.8 Å². The molecule has 1 amide bonds. The molecule has 0 aliphatic carbocycles. The van der Waals surface area contributed by atoms with Gasteiger partial charge in [-0.2, -0.15) is 8.78 Å². The number of esters is 1. The minimum Gasteiger partial charge on any atom is -0.507 e. The van der Waals surface area contributed by atoms with E-state index >= 15 is 0 Å². The Morgan fingerprint density at radius 1 is 0.532 bits per heavy atom. The summed E-state index contributed by atoms with van der Waals surface area (Å²) in [7, 11) is 0. The average molecular weight is 1080 g/mol. The van der Waals surface area contributed by atoms with Crippen LogP contribution in [0, 0.1) is 37.1 Å². The number of fused-ring (bicyclic) bond motifs is 8. The Labute approximate surface area is 440 Å². The van der Waals surface area contributed by atoms with Crippen molar-refractivity contribution in [2.45, 2.75) is 72.6 Å². The van der Waals surface area contributed by atoms with E-state index in [4.69, 9.17) is 19.4 Å². The highest BCUT2D eigenvalue weighted by atomic mass is 19.2. The molecule has 0 unspecified atom stereocenters. The number of aryl methyl sites for hydroxylation is 2.